The molecule has 0 heterocycles. The standard InChI is InChI=1S/C20H24N2O2/c1-14(2)12-16-8-10-17(11-9-16)15(3)20(24)22-21-13-18-6-4-5-7-19(18)23/h4-11,13-15,23H,12H2,1-3H3,(H,22,24)/b21-13-/t15-/m1/s1. The number of phenolic OH excluding ortho intramolecular Hbond substituents is 1. The summed E-state index contributed by atoms with van der Waals surface area (Å²) in [5.74, 6) is 0.266. The van der Waals surface area contributed by atoms with Gasteiger partial charge in [-0.2, -0.15) is 5.10 Å². The lowest BCUT2D eigenvalue weighted by atomic mass is 9.96. The van der Waals surface area contributed by atoms with Crippen LogP contribution in [0.25, 0.3) is 0 Å². The van der Waals surface area contributed by atoms with E-state index >= 15 is 0 Å². The van der Waals surface area contributed by atoms with Gasteiger partial charge in [-0.25, -0.2) is 5.43 Å². The van der Waals surface area contributed by atoms with Crippen molar-refractivity contribution in [1.29, 1.82) is 0 Å². The normalized spacial score (nSPS) is 12.5. The van der Waals surface area contributed by atoms with Crippen LogP contribution in [0.5, 0.6) is 5.75 Å². The van der Waals surface area contributed by atoms with E-state index < -0.39 is 0 Å². The zero-order chi connectivity index (χ0) is 17.5. The fourth-order valence-electron chi connectivity index (χ4n) is 2.42. The van der Waals surface area contributed by atoms with E-state index in [2.05, 4.69) is 36.5 Å². The second-order valence-corrected chi connectivity index (χ2v) is 6.35. The van der Waals surface area contributed by atoms with Crippen molar-refractivity contribution in [2.24, 2.45) is 11.0 Å². The predicted molar refractivity (Wildman–Crippen MR) is 97.2 cm³/mol. The number of phenols is 1. The van der Waals surface area contributed by atoms with Gasteiger partial charge in [-0.3, -0.25) is 4.79 Å². The summed E-state index contributed by atoms with van der Waals surface area (Å²) in [6.45, 7) is 6.22. The van der Waals surface area contributed by atoms with Crippen molar-refractivity contribution < 1.29 is 9.90 Å². The fourth-order valence-corrected chi connectivity index (χ4v) is 2.42. The molecule has 0 aliphatic heterocycles. The largest absolute Gasteiger partial charge is 0.507 e. The SMILES string of the molecule is CC(C)Cc1ccc([C@@H](C)C(=O)N/N=C\c2ccccc2O)cc1. The minimum atomic E-state index is -0.292. The van der Waals surface area contributed by atoms with E-state index in [1.54, 1.807) is 24.3 Å². The van der Waals surface area contributed by atoms with E-state index in [9.17, 15) is 9.90 Å². The molecular formula is C20H24N2O2. The number of hydrogen-bond acceptors (Lipinski definition) is 3. The summed E-state index contributed by atoms with van der Waals surface area (Å²) < 4.78 is 0. The van der Waals surface area contributed by atoms with E-state index in [4.69, 9.17) is 0 Å². The van der Waals surface area contributed by atoms with Gasteiger partial charge in [0.15, 0.2) is 0 Å². The highest BCUT2D eigenvalue weighted by atomic mass is 16.3. The summed E-state index contributed by atoms with van der Waals surface area (Å²) in [4.78, 5) is 12.2. The van der Waals surface area contributed by atoms with Gasteiger partial charge in [-0.05, 0) is 42.5 Å². The Morgan fingerprint density at radius 2 is 1.79 bits per heavy atom. The van der Waals surface area contributed by atoms with Crippen LogP contribution in [-0.4, -0.2) is 17.2 Å². The molecule has 0 spiro atoms. The maximum Gasteiger partial charge on any atom is 0.247 e. The van der Waals surface area contributed by atoms with Crippen LogP contribution in [0.2, 0.25) is 0 Å². The molecule has 24 heavy (non-hydrogen) atoms. The van der Waals surface area contributed by atoms with Crippen molar-refractivity contribution in [2.75, 3.05) is 0 Å². The van der Waals surface area contributed by atoms with Crippen molar-refractivity contribution in [1.82, 2.24) is 5.43 Å². The molecule has 0 fully saturated rings. The number of amides is 1. The number of aromatic hydroxyl groups is 1. The van der Waals surface area contributed by atoms with E-state index in [1.165, 1.54) is 11.8 Å². The van der Waals surface area contributed by atoms with Gasteiger partial charge in [0.2, 0.25) is 5.91 Å². The summed E-state index contributed by atoms with van der Waals surface area (Å²) >= 11 is 0. The van der Waals surface area contributed by atoms with Crippen molar-refractivity contribution in [3.05, 3.63) is 65.2 Å². The molecule has 0 saturated heterocycles. The fraction of sp³-hybridized carbons (Fsp3) is 0.300. The van der Waals surface area contributed by atoms with Crippen molar-refractivity contribution in [3.63, 3.8) is 0 Å². The van der Waals surface area contributed by atoms with Crippen LogP contribution in [-0.2, 0) is 11.2 Å². The van der Waals surface area contributed by atoms with E-state index in [1.807, 2.05) is 19.1 Å². The molecule has 1 amide bonds. The molecule has 2 aromatic rings. The number of benzene rings is 2. The minimum Gasteiger partial charge on any atom is -0.507 e. The molecule has 0 saturated carbocycles. The highest BCUT2D eigenvalue weighted by Crippen LogP contribution is 2.18. The number of nitrogens with zero attached hydrogens (tertiary/aromatic N) is 1. The van der Waals surface area contributed by atoms with Gasteiger partial charge in [0.1, 0.15) is 5.75 Å². The lowest BCUT2D eigenvalue weighted by molar-refractivity contribution is -0.122. The molecule has 4 heteroatoms. The third kappa shape index (κ3) is 4.95. The molecule has 0 aliphatic carbocycles. The van der Waals surface area contributed by atoms with Gasteiger partial charge in [-0.15, -0.1) is 0 Å². The summed E-state index contributed by atoms with van der Waals surface area (Å²) in [5, 5.41) is 13.6. The highest BCUT2D eigenvalue weighted by molar-refractivity contribution is 5.87. The summed E-state index contributed by atoms with van der Waals surface area (Å²) in [6, 6.07) is 15.0. The molecule has 0 bridgehead atoms. The van der Waals surface area contributed by atoms with Gasteiger partial charge in [-0.1, -0.05) is 50.2 Å². The molecule has 0 aromatic heterocycles. The van der Waals surface area contributed by atoms with Crippen LogP contribution in [0.1, 0.15) is 43.4 Å². The summed E-state index contributed by atoms with van der Waals surface area (Å²) in [5.41, 5.74) is 5.31. The van der Waals surface area contributed by atoms with Crippen LogP contribution < -0.4 is 5.43 Å². The van der Waals surface area contributed by atoms with E-state index in [-0.39, 0.29) is 17.6 Å². The van der Waals surface area contributed by atoms with Crippen LogP contribution in [0.4, 0.5) is 0 Å². The Labute approximate surface area is 143 Å². The van der Waals surface area contributed by atoms with Crippen molar-refractivity contribution in [2.45, 2.75) is 33.1 Å². The lowest BCUT2D eigenvalue weighted by Crippen LogP contribution is -2.23. The number of para-hydroxylation sites is 1. The second-order valence-electron chi connectivity index (χ2n) is 6.35. The Bertz CT molecular complexity index is 706. The monoisotopic (exact) mass is 324 g/mol. The van der Waals surface area contributed by atoms with Gasteiger partial charge in [0.25, 0.3) is 0 Å². The van der Waals surface area contributed by atoms with Gasteiger partial charge in [0, 0.05) is 5.56 Å². The Kier molecular flexibility index (Phi) is 6.13. The molecular weight excluding hydrogens is 300 g/mol. The smallest absolute Gasteiger partial charge is 0.247 e. The van der Waals surface area contributed by atoms with Crippen LogP contribution in [0.15, 0.2) is 53.6 Å². The first-order valence-electron chi connectivity index (χ1n) is 8.17. The second kappa shape index (κ2) is 8.29. The quantitative estimate of drug-likeness (QED) is 0.626. The number of rotatable bonds is 6. The zero-order valence-electron chi connectivity index (χ0n) is 14.4. The number of carbonyl (C=O) groups excluding carboxylic acids is 1. The average Bonchev–Trinajstić information content (AvgIpc) is 2.56. The van der Waals surface area contributed by atoms with Crippen LogP contribution in [0, 0.1) is 5.92 Å². The maximum atomic E-state index is 12.2. The Morgan fingerprint density at radius 1 is 1.12 bits per heavy atom. The van der Waals surface area contributed by atoms with Crippen molar-refractivity contribution >= 4 is 12.1 Å². The molecule has 4 nitrogen and oxygen atoms in total. The highest BCUT2D eigenvalue weighted by Gasteiger charge is 2.14. The third-order valence-corrected chi connectivity index (χ3v) is 3.83. The molecule has 0 radical (unpaired) electrons. The molecule has 2 N–H and O–H groups in total. The van der Waals surface area contributed by atoms with Gasteiger partial charge >= 0.3 is 0 Å². The van der Waals surface area contributed by atoms with Crippen LogP contribution >= 0.6 is 0 Å². The van der Waals surface area contributed by atoms with Gasteiger partial charge < -0.3 is 5.11 Å². The molecule has 126 valence electrons. The molecule has 2 aromatic carbocycles. The average molecular weight is 324 g/mol. The topological polar surface area (TPSA) is 61.7 Å². The first-order chi connectivity index (χ1) is 11.5. The lowest BCUT2D eigenvalue weighted by Gasteiger charge is -2.11. The molecule has 0 unspecified atom stereocenters. The Balaban J connectivity index is 1.95. The van der Waals surface area contributed by atoms with Crippen LogP contribution in [0.3, 0.4) is 0 Å². The summed E-state index contributed by atoms with van der Waals surface area (Å²) in [6.07, 6.45) is 2.47. The number of hydrogen-bond donors (Lipinski definition) is 2. The molecule has 0 aliphatic rings. The Hall–Kier alpha value is -2.62. The minimum absolute atomic E-state index is 0.129. The Morgan fingerprint density at radius 3 is 2.42 bits per heavy atom. The van der Waals surface area contributed by atoms with Gasteiger partial charge in [0.05, 0.1) is 12.1 Å². The molecule has 2 rings (SSSR count). The first kappa shape index (κ1) is 17.7. The number of nitrogens with one attached hydrogen (secondary N) is 1. The van der Waals surface area contributed by atoms with E-state index in [0.29, 0.717) is 11.5 Å². The number of hydrazone groups is 1. The summed E-state index contributed by atoms with van der Waals surface area (Å²) in [7, 11) is 0. The first-order valence-corrected chi connectivity index (χ1v) is 8.17. The zero-order valence-corrected chi connectivity index (χ0v) is 14.4. The number of carbonyl (C=O) groups is 1. The predicted octanol–water partition coefficient (Wildman–Crippen LogP) is 3.84. The third-order valence-electron chi connectivity index (χ3n) is 3.83. The van der Waals surface area contributed by atoms with E-state index in [0.717, 1.165) is 12.0 Å². The van der Waals surface area contributed by atoms with Crippen molar-refractivity contribution in [3.8, 4) is 5.75 Å². The maximum absolute atomic E-state index is 12.2. The molecule has 1 atom stereocenters.